The van der Waals surface area contributed by atoms with Crippen molar-refractivity contribution in [3.05, 3.63) is 60.7 Å². The van der Waals surface area contributed by atoms with Crippen molar-refractivity contribution in [3.8, 4) is 11.1 Å². The molecule has 3 heteroatoms. The lowest BCUT2D eigenvalue weighted by molar-refractivity contribution is 0.312. The fraction of sp³-hybridized carbons (Fsp3) is 0.250. The zero-order chi connectivity index (χ0) is 15.6. The Morgan fingerprint density at radius 1 is 0.826 bits per heavy atom. The highest BCUT2D eigenvalue weighted by Gasteiger charge is 2.19. The highest BCUT2D eigenvalue weighted by molar-refractivity contribution is 5.89. The van der Waals surface area contributed by atoms with Crippen LogP contribution in [0.4, 0.5) is 5.82 Å². The van der Waals surface area contributed by atoms with E-state index in [9.17, 15) is 0 Å². The lowest BCUT2D eigenvalue weighted by Gasteiger charge is -2.34. The first-order valence-electron chi connectivity index (χ1n) is 8.20. The van der Waals surface area contributed by atoms with Crippen LogP contribution in [0.3, 0.4) is 0 Å². The summed E-state index contributed by atoms with van der Waals surface area (Å²) in [5, 5.41) is 1.20. The summed E-state index contributed by atoms with van der Waals surface area (Å²) in [5.74, 6) is 1.11. The summed E-state index contributed by atoms with van der Waals surface area (Å²) in [6.45, 7) is 4.23. The largest absolute Gasteiger partial charge is 0.354 e. The first-order chi connectivity index (χ1) is 11.3. The Labute approximate surface area is 137 Å². The quantitative estimate of drug-likeness (QED) is 0.720. The summed E-state index contributed by atoms with van der Waals surface area (Å²) in [7, 11) is 2.18. The van der Waals surface area contributed by atoms with Gasteiger partial charge in [0.05, 0.1) is 5.52 Å². The average Bonchev–Trinajstić information content (AvgIpc) is 2.62. The molecule has 0 aliphatic carbocycles. The fourth-order valence-corrected chi connectivity index (χ4v) is 3.20. The van der Waals surface area contributed by atoms with E-state index in [4.69, 9.17) is 4.98 Å². The van der Waals surface area contributed by atoms with E-state index in [0.29, 0.717) is 0 Å². The van der Waals surface area contributed by atoms with Gasteiger partial charge in [0.25, 0.3) is 0 Å². The topological polar surface area (TPSA) is 19.4 Å². The van der Waals surface area contributed by atoms with Gasteiger partial charge >= 0.3 is 0 Å². The molecule has 1 fully saturated rings. The van der Waals surface area contributed by atoms with Crippen molar-refractivity contribution < 1.29 is 0 Å². The van der Waals surface area contributed by atoms with Crippen molar-refractivity contribution in [2.24, 2.45) is 0 Å². The number of hydrogen-bond donors (Lipinski definition) is 0. The van der Waals surface area contributed by atoms with Gasteiger partial charge in [0, 0.05) is 37.1 Å². The zero-order valence-electron chi connectivity index (χ0n) is 13.4. The van der Waals surface area contributed by atoms with Gasteiger partial charge < -0.3 is 9.80 Å². The molecule has 2 heterocycles. The van der Waals surface area contributed by atoms with Crippen LogP contribution in [0.15, 0.2) is 60.7 Å². The van der Waals surface area contributed by atoms with Gasteiger partial charge in [-0.3, -0.25) is 0 Å². The van der Waals surface area contributed by atoms with E-state index in [0.717, 1.165) is 37.5 Å². The van der Waals surface area contributed by atoms with Gasteiger partial charge in [-0.1, -0.05) is 48.5 Å². The number of likely N-dealkylation sites (N-methyl/N-ethyl adjacent to an activating group) is 1. The molecule has 1 aliphatic rings. The fourth-order valence-electron chi connectivity index (χ4n) is 3.20. The summed E-state index contributed by atoms with van der Waals surface area (Å²) < 4.78 is 0. The van der Waals surface area contributed by atoms with Gasteiger partial charge in [0.1, 0.15) is 5.82 Å². The first-order valence-corrected chi connectivity index (χ1v) is 8.20. The maximum Gasteiger partial charge on any atom is 0.137 e. The Hall–Kier alpha value is -2.39. The lowest BCUT2D eigenvalue weighted by Crippen LogP contribution is -2.45. The molecule has 0 bridgehead atoms. The number of fused-ring (bicyclic) bond motifs is 1. The summed E-state index contributed by atoms with van der Waals surface area (Å²) in [6.07, 6.45) is 0. The number of hydrogen-bond acceptors (Lipinski definition) is 3. The van der Waals surface area contributed by atoms with Gasteiger partial charge in [0.2, 0.25) is 0 Å². The molecule has 0 atom stereocenters. The van der Waals surface area contributed by atoms with Gasteiger partial charge in [-0.25, -0.2) is 4.98 Å². The van der Waals surface area contributed by atoms with E-state index in [1.807, 2.05) is 0 Å². The molecule has 3 aromatic rings. The maximum absolute atomic E-state index is 5.01. The molecule has 1 saturated heterocycles. The van der Waals surface area contributed by atoms with Crippen molar-refractivity contribution in [2.75, 3.05) is 38.1 Å². The van der Waals surface area contributed by atoms with Gasteiger partial charge in [0.15, 0.2) is 0 Å². The third-order valence-electron chi connectivity index (χ3n) is 4.59. The van der Waals surface area contributed by atoms with Crippen molar-refractivity contribution in [3.63, 3.8) is 0 Å². The molecule has 4 rings (SSSR count). The maximum atomic E-state index is 5.01. The third-order valence-corrected chi connectivity index (χ3v) is 4.59. The van der Waals surface area contributed by atoms with Crippen molar-refractivity contribution in [2.45, 2.75) is 0 Å². The second-order valence-corrected chi connectivity index (χ2v) is 6.21. The van der Waals surface area contributed by atoms with E-state index < -0.39 is 0 Å². The number of benzene rings is 2. The van der Waals surface area contributed by atoms with Crippen molar-refractivity contribution >= 4 is 16.7 Å². The number of aromatic nitrogens is 1. The number of pyridine rings is 1. The zero-order valence-corrected chi connectivity index (χ0v) is 13.4. The highest BCUT2D eigenvalue weighted by Crippen LogP contribution is 2.32. The van der Waals surface area contributed by atoms with Crippen LogP contribution in [0, 0.1) is 0 Å². The molecule has 1 aromatic heterocycles. The first kappa shape index (κ1) is 14.2. The summed E-state index contributed by atoms with van der Waals surface area (Å²) >= 11 is 0. The highest BCUT2D eigenvalue weighted by atomic mass is 15.3. The van der Waals surface area contributed by atoms with Crippen molar-refractivity contribution in [1.82, 2.24) is 9.88 Å². The van der Waals surface area contributed by atoms with E-state index in [1.54, 1.807) is 0 Å². The van der Waals surface area contributed by atoms with Crippen molar-refractivity contribution in [1.29, 1.82) is 0 Å². The number of nitrogens with zero attached hydrogens (tertiary/aromatic N) is 3. The lowest BCUT2D eigenvalue weighted by atomic mass is 10.0. The van der Waals surface area contributed by atoms with Gasteiger partial charge in [-0.05, 0) is 24.7 Å². The number of anilines is 1. The number of para-hydroxylation sites is 1. The van der Waals surface area contributed by atoms with E-state index in [1.165, 1.54) is 16.5 Å². The van der Waals surface area contributed by atoms with Gasteiger partial charge in [-0.15, -0.1) is 0 Å². The van der Waals surface area contributed by atoms with Crippen LogP contribution >= 0.6 is 0 Å². The molecule has 1 aliphatic heterocycles. The monoisotopic (exact) mass is 303 g/mol. The number of piperazine rings is 1. The minimum Gasteiger partial charge on any atom is -0.354 e. The van der Waals surface area contributed by atoms with E-state index >= 15 is 0 Å². The van der Waals surface area contributed by atoms with Crippen LogP contribution in [0.1, 0.15) is 0 Å². The smallest absolute Gasteiger partial charge is 0.137 e. The second-order valence-electron chi connectivity index (χ2n) is 6.21. The second kappa shape index (κ2) is 6.01. The molecular weight excluding hydrogens is 282 g/mol. The Balaban J connectivity index is 1.86. The summed E-state index contributed by atoms with van der Waals surface area (Å²) in [4.78, 5) is 9.81. The molecule has 0 radical (unpaired) electrons. The summed E-state index contributed by atoms with van der Waals surface area (Å²) in [6, 6.07) is 21.3. The van der Waals surface area contributed by atoms with Crippen LogP contribution in [0.25, 0.3) is 22.0 Å². The van der Waals surface area contributed by atoms with Gasteiger partial charge in [-0.2, -0.15) is 0 Å². The Bertz CT molecular complexity index is 805. The minimum absolute atomic E-state index is 1.03. The Morgan fingerprint density at radius 2 is 1.52 bits per heavy atom. The Kier molecular flexibility index (Phi) is 3.72. The third kappa shape index (κ3) is 2.80. The van der Waals surface area contributed by atoms with Crippen LogP contribution in [-0.2, 0) is 0 Å². The van der Waals surface area contributed by atoms with Crippen LogP contribution < -0.4 is 4.90 Å². The SMILES string of the molecule is CN1CCN(c2nc3ccccc3cc2-c2ccccc2)CC1. The molecule has 2 aromatic carbocycles. The average molecular weight is 303 g/mol. The molecule has 0 saturated carbocycles. The number of rotatable bonds is 2. The van der Waals surface area contributed by atoms with E-state index in [-0.39, 0.29) is 0 Å². The molecule has 0 spiro atoms. The molecule has 0 unspecified atom stereocenters. The van der Waals surface area contributed by atoms with Crippen LogP contribution in [0.5, 0.6) is 0 Å². The Morgan fingerprint density at radius 3 is 2.30 bits per heavy atom. The minimum atomic E-state index is 1.03. The predicted octanol–water partition coefficient (Wildman–Crippen LogP) is 3.65. The standard InChI is InChI=1S/C20H21N3/c1-22-11-13-23(14-12-22)20-18(16-7-3-2-4-8-16)15-17-9-5-6-10-19(17)21-20/h2-10,15H,11-14H2,1H3. The summed E-state index contributed by atoms with van der Waals surface area (Å²) in [5.41, 5.74) is 3.54. The molecule has 3 nitrogen and oxygen atoms in total. The molecule has 23 heavy (non-hydrogen) atoms. The normalized spacial score (nSPS) is 16.0. The molecule has 116 valence electrons. The predicted molar refractivity (Wildman–Crippen MR) is 96.9 cm³/mol. The molecule has 0 N–H and O–H groups in total. The molecule has 0 amide bonds. The molecular formula is C20H21N3. The van der Waals surface area contributed by atoms with Crippen LogP contribution in [0.2, 0.25) is 0 Å². The van der Waals surface area contributed by atoms with Crippen LogP contribution in [-0.4, -0.2) is 43.1 Å². The van der Waals surface area contributed by atoms with E-state index in [2.05, 4.69) is 77.5 Å².